The summed E-state index contributed by atoms with van der Waals surface area (Å²) in [5.41, 5.74) is 1.34. The maximum absolute atomic E-state index is 11.3. The molecule has 2 aromatic rings. The molecule has 2 aliphatic carbocycles. The number of ether oxygens (including phenoxy) is 1. The number of benzene rings is 2. The predicted octanol–water partition coefficient (Wildman–Crippen LogP) is 7.78. The third-order valence-electron chi connectivity index (χ3n) is 7.33. The second kappa shape index (κ2) is 13.3. The zero-order valence-corrected chi connectivity index (χ0v) is 22.6. The fraction of sp³-hybridized carbons (Fsp3) is 0.645. The van der Waals surface area contributed by atoms with Gasteiger partial charge in [0.25, 0.3) is 0 Å². The van der Waals surface area contributed by atoms with Gasteiger partial charge in [-0.05, 0) is 79.4 Å². The van der Waals surface area contributed by atoms with Crippen molar-refractivity contribution in [2.45, 2.75) is 92.2 Å². The molecule has 1 N–H and O–H groups in total. The van der Waals surface area contributed by atoms with Gasteiger partial charge in [-0.1, -0.05) is 65.3 Å². The number of aliphatic carboxylic acids is 1. The van der Waals surface area contributed by atoms with Crippen LogP contribution in [-0.2, 0) is 11.3 Å². The third kappa shape index (κ3) is 7.70. The molecule has 0 bridgehead atoms. The second-order valence-electron chi connectivity index (χ2n) is 11.1. The van der Waals surface area contributed by atoms with Crippen molar-refractivity contribution in [3.8, 4) is 5.75 Å². The highest BCUT2D eigenvalue weighted by Crippen LogP contribution is 2.42. The van der Waals surface area contributed by atoms with Gasteiger partial charge in [0, 0.05) is 25.0 Å². The van der Waals surface area contributed by atoms with Crippen LogP contribution in [0, 0.1) is 23.7 Å². The standard InChI is InChI=1S/C25H31NO3.C4H10.C2H6/c27-25(28)19-12-20-15-26(16-21(20)13-19)14-17-9-10-23-18(11-17)5-4-8-24(23)29-22-6-2-1-3-7-22;1-4(2)3;1-2/h4-5,8-11,19-22H,1-3,6-7,12-16H2,(H,27,28);4H,1-3H3;1-2H3. The summed E-state index contributed by atoms with van der Waals surface area (Å²) in [6.07, 6.45) is 8.34. The smallest absolute Gasteiger partial charge is 0.306 e. The van der Waals surface area contributed by atoms with Crippen LogP contribution in [0.4, 0.5) is 0 Å². The van der Waals surface area contributed by atoms with Crippen LogP contribution in [0.3, 0.4) is 0 Å². The van der Waals surface area contributed by atoms with E-state index in [2.05, 4.69) is 62.1 Å². The zero-order chi connectivity index (χ0) is 25.4. The van der Waals surface area contributed by atoms with E-state index in [0.717, 1.165) is 44.1 Å². The normalized spacial score (nSPS) is 24.3. The lowest BCUT2D eigenvalue weighted by Crippen LogP contribution is -2.23. The maximum atomic E-state index is 11.3. The zero-order valence-electron chi connectivity index (χ0n) is 22.6. The van der Waals surface area contributed by atoms with Crippen molar-refractivity contribution in [3.63, 3.8) is 0 Å². The molecular weight excluding hydrogens is 434 g/mol. The molecule has 2 aromatic carbocycles. The molecule has 0 amide bonds. The lowest BCUT2D eigenvalue weighted by Gasteiger charge is -2.24. The Labute approximate surface area is 213 Å². The Morgan fingerprint density at radius 1 is 1.00 bits per heavy atom. The van der Waals surface area contributed by atoms with E-state index in [0.29, 0.717) is 17.9 Å². The third-order valence-corrected chi connectivity index (χ3v) is 7.33. The highest BCUT2D eigenvalue weighted by atomic mass is 16.5. The highest BCUT2D eigenvalue weighted by Gasteiger charge is 2.43. The van der Waals surface area contributed by atoms with Crippen molar-refractivity contribution in [2.75, 3.05) is 13.1 Å². The van der Waals surface area contributed by atoms with E-state index < -0.39 is 5.97 Å². The molecule has 1 saturated heterocycles. The number of carboxylic acids is 1. The lowest BCUT2D eigenvalue weighted by molar-refractivity contribution is -0.141. The first-order chi connectivity index (χ1) is 16.9. The van der Waals surface area contributed by atoms with E-state index in [9.17, 15) is 9.90 Å². The summed E-state index contributed by atoms with van der Waals surface area (Å²) in [7, 11) is 0. The molecule has 1 aliphatic heterocycles. The van der Waals surface area contributed by atoms with Crippen molar-refractivity contribution >= 4 is 16.7 Å². The Bertz CT molecular complexity index is 917. The van der Waals surface area contributed by atoms with Gasteiger partial charge in [0.2, 0.25) is 0 Å². The summed E-state index contributed by atoms with van der Waals surface area (Å²) in [6, 6.07) is 13.2. The van der Waals surface area contributed by atoms with Crippen LogP contribution in [-0.4, -0.2) is 35.2 Å². The molecule has 2 saturated carbocycles. The molecular formula is C31H47NO3. The Kier molecular flexibility index (Phi) is 10.5. The number of hydrogen-bond acceptors (Lipinski definition) is 3. The molecule has 194 valence electrons. The van der Waals surface area contributed by atoms with Gasteiger partial charge in [-0.3, -0.25) is 9.69 Å². The number of fused-ring (bicyclic) bond motifs is 2. The molecule has 0 spiro atoms. The van der Waals surface area contributed by atoms with Crippen molar-refractivity contribution in [1.82, 2.24) is 4.90 Å². The van der Waals surface area contributed by atoms with Gasteiger partial charge in [-0.25, -0.2) is 0 Å². The second-order valence-corrected chi connectivity index (χ2v) is 11.1. The fourth-order valence-electron chi connectivity index (χ4n) is 5.85. The topological polar surface area (TPSA) is 49.8 Å². The van der Waals surface area contributed by atoms with Gasteiger partial charge in [0.15, 0.2) is 0 Å². The quantitative estimate of drug-likeness (QED) is 0.474. The van der Waals surface area contributed by atoms with E-state index in [1.807, 2.05) is 13.8 Å². The van der Waals surface area contributed by atoms with Crippen LogP contribution in [0.5, 0.6) is 5.75 Å². The average Bonchev–Trinajstić information content (AvgIpc) is 3.40. The summed E-state index contributed by atoms with van der Waals surface area (Å²) >= 11 is 0. The number of hydrogen-bond donors (Lipinski definition) is 1. The van der Waals surface area contributed by atoms with Crippen molar-refractivity contribution < 1.29 is 14.6 Å². The Hall–Kier alpha value is -2.07. The summed E-state index contributed by atoms with van der Waals surface area (Å²) in [4.78, 5) is 13.8. The predicted molar refractivity (Wildman–Crippen MR) is 146 cm³/mol. The summed E-state index contributed by atoms with van der Waals surface area (Å²) in [6.45, 7) is 13.5. The van der Waals surface area contributed by atoms with E-state index >= 15 is 0 Å². The first kappa shape index (κ1) is 27.5. The Morgan fingerprint density at radius 2 is 1.63 bits per heavy atom. The number of carbonyl (C=O) groups is 1. The van der Waals surface area contributed by atoms with Crippen LogP contribution in [0.2, 0.25) is 0 Å². The summed E-state index contributed by atoms with van der Waals surface area (Å²) < 4.78 is 6.36. The number of likely N-dealkylation sites (tertiary alicyclic amines) is 1. The molecule has 0 aromatic heterocycles. The summed E-state index contributed by atoms with van der Waals surface area (Å²) in [5.74, 6) is 2.26. The van der Waals surface area contributed by atoms with Gasteiger partial charge in [0.1, 0.15) is 5.75 Å². The van der Waals surface area contributed by atoms with E-state index in [1.165, 1.54) is 48.4 Å². The van der Waals surface area contributed by atoms with Gasteiger partial charge in [0.05, 0.1) is 12.0 Å². The maximum Gasteiger partial charge on any atom is 0.306 e. The van der Waals surface area contributed by atoms with Crippen molar-refractivity contribution in [3.05, 3.63) is 42.0 Å². The first-order valence-electron chi connectivity index (χ1n) is 14.0. The van der Waals surface area contributed by atoms with Crippen molar-refractivity contribution in [2.24, 2.45) is 23.7 Å². The Morgan fingerprint density at radius 3 is 2.23 bits per heavy atom. The largest absolute Gasteiger partial charge is 0.490 e. The minimum atomic E-state index is -0.605. The highest BCUT2D eigenvalue weighted by molar-refractivity contribution is 5.88. The van der Waals surface area contributed by atoms with Crippen LogP contribution >= 0.6 is 0 Å². The van der Waals surface area contributed by atoms with E-state index in [-0.39, 0.29) is 5.92 Å². The molecule has 3 fully saturated rings. The van der Waals surface area contributed by atoms with Gasteiger partial charge in [-0.15, -0.1) is 0 Å². The minimum absolute atomic E-state index is 0.115. The van der Waals surface area contributed by atoms with E-state index in [1.54, 1.807) is 0 Å². The molecule has 5 rings (SSSR count). The van der Waals surface area contributed by atoms with Crippen molar-refractivity contribution in [1.29, 1.82) is 0 Å². The minimum Gasteiger partial charge on any atom is -0.490 e. The van der Waals surface area contributed by atoms with Crippen LogP contribution in [0.1, 0.15) is 85.1 Å². The molecule has 2 unspecified atom stereocenters. The number of rotatable bonds is 5. The monoisotopic (exact) mass is 481 g/mol. The molecule has 4 nitrogen and oxygen atoms in total. The molecule has 1 heterocycles. The SMILES string of the molecule is CC.CC(C)C.O=C(O)C1CC2CN(Cc3ccc4c(OC5CCCCC5)cccc4c3)CC2C1. The molecule has 3 aliphatic rings. The number of nitrogens with zero attached hydrogens (tertiary/aromatic N) is 1. The number of carboxylic acid groups (broad SMARTS) is 1. The molecule has 0 radical (unpaired) electrons. The van der Waals surface area contributed by atoms with Gasteiger partial charge in [-0.2, -0.15) is 0 Å². The average molecular weight is 482 g/mol. The van der Waals surface area contributed by atoms with Gasteiger partial charge < -0.3 is 9.84 Å². The van der Waals surface area contributed by atoms with E-state index in [4.69, 9.17) is 4.74 Å². The van der Waals surface area contributed by atoms with Gasteiger partial charge >= 0.3 is 5.97 Å². The Balaban J connectivity index is 0.000000521. The van der Waals surface area contributed by atoms with Crippen LogP contribution in [0.25, 0.3) is 10.8 Å². The van der Waals surface area contributed by atoms with Crippen LogP contribution in [0.15, 0.2) is 36.4 Å². The first-order valence-corrected chi connectivity index (χ1v) is 14.0. The molecule has 35 heavy (non-hydrogen) atoms. The fourth-order valence-corrected chi connectivity index (χ4v) is 5.85. The van der Waals surface area contributed by atoms with Crippen LogP contribution < -0.4 is 4.74 Å². The lowest BCUT2D eigenvalue weighted by atomic mass is 9.97. The summed E-state index contributed by atoms with van der Waals surface area (Å²) in [5, 5.41) is 11.7. The molecule has 2 atom stereocenters. The molecule has 4 heteroatoms.